The fraction of sp³-hybridized carbons (Fsp3) is 0.222. The Morgan fingerprint density at radius 3 is 2.76 bits per heavy atom. The van der Waals surface area contributed by atoms with Crippen LogP contribution in [0.5, 0.6) is 0 Å². The molecule has 0 spiro atoms. The normalized spacial score (nSPS) is 11.6. The Bertz CT molecular complexity index is 587. The first-order chi connectivity index (χ1) is 10.2. The zero-order valence-electron chi connectivity index (χ0n) is 12.2. The van der Waals surface area contributed by atoms with Crippen LogP contribution in [0, 0.1) is 6.07 Å². The van der Waals surface area contributed by atoms with Crippen LogP contribution < -0.4 is 5.11 Å². The van der Waals surface area contributed by atoms with Gasteiger partial charge in [-0.15, -0.1) is 0 Å². The van der Waals surface area contributed by atoms with E-state index >= 15 is 0 Å². The summed E-state index contributed by atoms with van der Waals surface area (Å²) in [5.74, 6) is -1.22. The Kier molecular flexibility index (Phi) is 8.01. The number of aliphatic carboxylic acids is 1. The van der Waals surface area contributed by atoms with Gasteiger partial charge in [0.1, 0.15) is 0 Å². The fourth-order valence-corrected chi connectivity index (χ4v) is 1.50. The number of carboxylic acids is 1. The van der Waals surface area contributed by atoms with E-state index in [0.29, 0.717) is 6.54 Å². The highest BCUT2D eigenvalue weighted by Crippen LogP contribution is 2.03. The second kappa shape index (κ2) is 10.2. The summed E-state index contributed by atoms with van der Waals surface area (Å²) in [5.41, 5.74) is 1.09. The van der Waals surface area contributed by atoms with E-state index in [0.717, 1.165) is 18.4 Å². The summed E-state index contributed by atoms with van der Waals surface area (Å²) in [4.78, 5) is 15.0. The number of carboxylic acid groups (broad SMARTS) is 1. The van der Waals surface area contributed by atoms with Crippen LogP contribution in [0.15, 0.2) is 60.2 Å². The first-order valence-corrected chi connectivity index (χ1v) is 6.97. The molecule has 3 heteroatoms. The van der Waals surface area contributed by atoms with Crippen molar-refractivity contribution in [3.05, 3.63) is 70.6 Å². The number of unbranched alkanes of at least 4 members (excludes halogenated alkanes) is 1. The highest BCUT2D eigenvalue weighted by molar-refractivity contribution is 5.88. The molecule has 0 N–H and O–H groups in total. The molecule has 0 saturated heterocycles. The van der Waals surface area contributed by atoms with E-state index in [1.807, 2.05) is 36.4 Å². The van der Waals surface area contributed by atoms with Crippen LogP contribution in [0.2, 0.25) is 0 Å². The van der Waals surface area contributed by atoms with Gasteiger partial charge in [0.05, 0.1) is 12.0 Å². The molecule has 0 aromatic heterocycles. The molecule has 21 heavy (non-hydrogen) atoms. The molecule has 0 aliphatic heterocycles. The number of rotatable bonds is 6. The predicted octanol–water partition coefficient (Wildman–Crippen LogP) is 3.07. The van der Waals surface area contributed by atoms with Gasteiger partial charge in [-0.3, -0.25) is 0 Å². The Morgan fingerprint density at radius 2 is 2.10 bits per heavy atom. The summed E-state index contributed by atoms with van der Waals surface area (Å²) >= 11 is 0. The van der Waals surface area contributed by atoms with Gasteiger partial charge in [0.2, 0.25) is 0 Å². The number of nitrogens with zero attached hydrogens (tertiary/aromatic N) is 1. The van der Waals surface area contributed by atoms with Gasteiger partial charge in [0, 0.05) is 6.42 Å². The van der Waals surface area contributed by atoms with Gasteiger partial charge in [-0.25, -0.2) is 0 Å². The van der Waals surface area contributed by atoms with Gasteiger partial charge < -0.3 is 9.90 Å². The smallest absolute Gasteiger partial charge is 0.303 e. The molecule has 0 aliphatic carbocycles. The van der Waals surface area contributed by atoms with E-state index in [2.05, 4.69) is 17.8 Å². The lowest BCUT2D eigenvalue weighted by Crippen LogP contribution is -2.23. The van der Waals surface area contributed by atoms with Crippen LogP contribution in [0.25, 0.3) is 10.9 Å². The molecular weight excluding hydrogens is 262 g/mol. The summed E-state index contributed by atoms with van der Waals surface area (Å²) in [6.07, 6.45) is 10.0. The summed E-state index contributed by atoms with van der Waals surface area (Å²) in [5, 5.41) is 11.0. The maximum Gasteiger partial charge on any atom is 0.303 e. The van der Waals surface area contributed by atoms with Gasteiger partial charge in [-0.2, -0.15) is 0 Å². The van der Waals surface area contributed by atoms with Gasteiger partial charge in [0.25, 0.3) is 6.54 Å². The van der Waals surface area contributed by atoms with Crippen molar-refractivity contribution in [3.63, 3.8) is 0 Å². The van der Waals surface area contributed by atoms with Crippen LogP contribution >= 0.6 is 0 Å². The molecule has 1 aromatic rings. The molecule has 108 valence electrons. The number of benzene rings is 1. The number of allylic oxidation sites excluding steroid dienone is 3. The third-order valence-electron chi connectivity index (χ3n) is 2.65. The molecule has 0 radical (unpaired) electrons. The van der Waals surface area contributed by atoms with Crippen molar-refractivity contribution in [3.8, 4) is 6.07 Å². The molecule has 0 fully saturated rings. The Hall–Kier alpha value is -2.60. The van der Waals surface area contributed by atoms with E-state index in [1.54, 1.807) is 6.08 Å². The van der Waals surface area contributed by atoms with Crippen molar-refractivity contribution in [2.75, 3.05) is 6.54 Å². The van der Waals surface area contributed by atoms with Crippen molar-refractivity contribution in [1.29, 1.82) is 0 Å². The molecule has 0 bridgehead atoms. The number of carbonyl (C=O) groups is 1. The zero-order chi connectivity index (χ0) is 15.3. The second-order valence-corrected chi connectivity index (χ2v) is 4.38. The molecule has 1 aromatic carbocycles. The van der Waals surface area contributed by atoms with E-state index in [-0.39, 0.29) is 5.57 Å². The average molecular weight is 281 g/mol. The lowest BCUT2D eigenvalue weighted by Gasteiger charge is -1.99. The third-order valence-corrected chi connectivity index (χ3v) is 2.65. The monoisotopic (exact) mass is 281 g/mol. The maximum atomic E-state index is 11.0. The van der Waals surface area contributed by atoms with Gasteiger partial charge in [0.15, 0.2) is 0 Å². The zero-order valence-corrected chi connectivity index (χ0v) is 12.2. The Labute approximate surface area is 125 Å². The molecule has 0 heterocycles. The Balaban J connectivity index is 2.66. The quantitative estimate of drug-likeness (QED) is 0.348. The molecule has 1 rings (SSSR count). The molecular formula is C18H19NO2. The molecule has 0 unspecified atom stereocenters. The van der Waals surface area contributed by atoms with Crippen LogP contribution in [0.1, 0.15) is 25.3 Å². The largest absolute Gasteiger partial charge is 0.545 e. The SMILES string of the molecule is CCCC[N+]#CC=CC(=CC=Cc1ccccc1)C(=O)[O-]. The highest BCUT2D eigenvalue weighted by Gasteiger charge is 1.92. The highest BCUT2D eigenvalue weighted by atomic mass is 16.4. The van der Waals surface area contributed by atoms with Crippen molar-refractivity contribution in [2.24, 2.45) is 0 Å². The summed E-state index contributed by atoms with van der Waals surface area (Å²) in [7, 11) is 0. The first kappa shape index (κ1) is 16.5. The summed E-state index contributed by atoms with van der Waals surface area (Å²) in [6.45, 7) is 2.79. The van der Waals surface area contributed by atoms with Gasteiger partial charge in [-0.05, 0) is 23.6 Å². The van der Waals surface area contributed by atoms with E-state index < -0.39 is 5.97 Å². The Morgan fingerprint density at radius 1 is 1.33 bits per heavy atom. The molecule has 0 saturated carbocycles. The average Bonchev–Trinajstić information content (AvgIpc) is 2.49. The third kappa shape index (κ3) is 7.54. The topological polar surface area (TPSA) is 44.5 Å². The minimum atomic E-state index is -1.22. The first-order valence-electron chi connectivity index (χ1n) is 6.97. The van der Waals surface area contributed by atoms with Crippen molar-refractivity contribution >= 4 is 12.0 Å². The minimum absolute atomic E-state index is 0.0837. The van der Waals surface area contributed by atoms with Gasteiger partial charge in [-0.1, -0.05) is 60.3 Å². The van der Waals surface area contributed by atoms with E-state index in [1.165, 1.54) is 18.2 Å². The second-order valence-electron chi connectivity index (χ2n) is 4.38. The van der Waals surface area contributed by atoms with Crippen LogP contribution in [0.4, 0.5) is 0 Å². The maximum absolute atomic E-state index is 11.0. The molecule has 0 aliphatic rings. The number of carbonyl (C=O) groups excluding carboxylic acids is 1. The summed E-state index contributed by atoms with van der Waals surface area (Å²) < 4.78 is 0. The fourth-order valence-electron chi connectivity index (χ4n) is 1.50. The molecule has 0 atom stereocenters. The van der Waals surface area contributed by atoms with E-state index in [4.69, 9.17) is 0 Å². The van der Waals surface area contributed by atoms with Crippen molar-refractivity contribution in [2.45, 2.75) is 19.8 Å². The predicted molar refractivity (Wildman–Crippen MR) is 84.7 cm³/mol. The van der Waals surface area contributed by atoms with Crippen molar-refractivity contribution < 1.29 is 9.90 Å². The van der Waals surface area contributed by atoms with E-state index in [9.17, 15) is 9.90 Å². The lowest BCUT2D eigenvalue weighted by molar-refractivity contribution is -0.298. The number of hydrogen-bond acceptors (Lipinski definition) is 2. The minimum Gasteiger partial charge on any atom is -0.545 e. The van der Waals surface area contributed by atoms with Crippen LogP contribution in [-0.2, 0) is 4.79 Å². The van der Waals surface area contributed by atoms with Crippen molar-refractivity contribution in [1.82, 2.24) is 0 Å². The van der Waals surface area contributed by atoms with Gasteiger partial charge >= 0.3 is 6.07 Å². The summed E-state index contributed by atoms with van der Waals surface area (Å²) in [6, 6.07) is 12.3. The lowest BCUT2D eigenvalue weighted by atomic mass is 10.2. The van der Waals surface area contributed by atoms with Crippen LogP contribution in [-0.4, -0.2) is 12.5 Å². The standard InChI is InChI=1S/C18H19NO2/c1-2-3-14-19-15-8-13-17(18(20)21)12-7-11-16-9-5-4-6-10-16/h4-13H,2-3,14H2,1H3. The number of hydrogen-bond donors (Lipinski definition) is 0. The molecule has 0 amide bonds. The molecule has 3 nitrogen and oxygen atoms in total. The van der Waals surface area contributed by atoms with Crippen LogP contribution in [0.3, 0.4) is 0 Å².